The van der Waals surface area contributed by atoms with Crippen LogP contribution in [0.5, 0.6) is 0 Å². The Hall–Kier alpha value is -0.0800. The molecule has 2 rings (SSSR count). The van der Waals surface area contributed by atoms with Crippen LogP contribution in [-0.2, 0) is 0 Å². The van der Waals surface area contributed by atoms with E-state index in [4.69, 9.17) is 0 Å². The second kappa shape index (κ2) is 8.26. The third-order valence-corrected chi connectivity index (χ3v) is 5.15. The Bertz CT molecular complexity index is 233. The van der Waals surface area contributed by atoms with Gasteiger partial charge in [0.2, 0.25) is 0 Å². The molecule has 112 valence electrons. The Morgan fingerprint density at radius 2 is 1.68 bits per heavy atom. The van der Waals surface area contributed by atoms with E-state index < -0.39 is 0 Å². The second-order valence-electron chi connectivity index (χ2n) is 6.90. The van der Waals surface area contributed by atoms with Crippen LogP contribution >= 0.6 is 0 Å². The van der Waals surface area contributed by atoms with Crippen molar-refractivity contribution in [2.24, 2.45) is 5.92 Å². The molecule has 1 heterocycles. The zero-order chi connectivity index (χ0) is 13.5. The largest absolute Gasteiger partial charge is 0.314 e. The van der Waals surface area contributed by atoms with Gasteiger partial charge >= 0.3 is 0 Å². The summed E-state index contributed by atoms with van der Waals surface area (Å²) >= 11 is 0. The molecular formula is C17H34N2. The first kappa shape index (κ1) is 15.3. The Balaban J connectivity index is 1.90. The molecule has 0 amide bonds. The molecule has 1 saturated carbocycles. The summed E-state index contributed by atoms with van der Waals surface area (Å²) in [4.78, 5) is 2.85. The van der Waals surface area contributed by atoms with Crippen LogP contribution < -0.4 is 5.32 Å². The Morgan fingerprint density at radius 1 is 1.00 bits per heavy atom. The van der Waals surface area contributed by atoms with E-state index >= 15 is 0 Å². The van der Waals surface area contributed by atoms with Crippen molar-refractivity contribution >= 4 is 0 Å². The van der Waals surface area contributed by atoms with Gasteiger partial charge in [-0.2, -0.15) is 0 Å². The predicted octanol–water partition coefficient (Wildman–Crippen LogP) is 3.81. The predicted molar refractivity (Wildman–Crippen MR) is 83.5 cm³/mol. The minimum absolute atomic E-state index is 0.749. The summed E-state index contributed by atoms with van der Waals surface area (Å²) in [6.45, 7) is 8.58. The lowest BCUT2D eigenvalue weighted by Crippen LogP contribution is -2.47. The first-order valence-corrected chi connectivity index (χ1v) is 8.77. The molecule has 0 aromatic heterocycles. The minimum atomic E-state index is 0.749. The van der Waals surface area contributed by atoms with Crippen molar-refractivity contribution < 1.29 is 0 Å². The van der Waals surface area contributed by atoms with Crippen LogP contribution in [0.25, 0.3) is 0 Å². The fourth-order valence-corrected chi connectivity index (χ4v) is 3.83. The number of nitrogens with one attached hydrogen (secondary N) is 1. The van der Waals surface area contributed by atoms with E-state index in [1.165, 1.54) is 77.4 Å². The quantitative estimate of drug-likeness (QED) is 0.817. The van der Waals surface area contributed by atoms with Crippen molar-refractivity contribution in [3.8, 4) is 0 Å². The summed E-state index contributed by atoms with van der Waals surface area (Å²) < 4.78 is 0. The van der Waals surface area contributed by atoms with Gasteiger partial charge in [0.15, 0.2) is 0 Å². The molecule has 19 heavy (non-hydrogen) atoms. The summed E-state index contributed by atoms with van der Waals surface area (Å²) in [6.07, 6.45) is 12.9. The molecule has 2 atom stereocenters. The van der Waals surface area contributed by atoms with Gasteiger partial charge in [-0.05, 0) is 44.7 Å². The lowest BCUT2D eigenvalue weighted by Gasteiger charge is -2.38. The summed E-state index contributed by atoms with van der Waals surface area (Å²) in [5, 5.41) is 3.74. The van der Waals surface area contributed by atoms with Gasteiger partial charge in [0.25, 0.3) is 0 Å². The smallest absolute Gasteiger partial charge is 0.00953 e. The van der Waals surface area contributed by atoms with Crippen molar-refractivity contribution in [2.45, 2.75) is 83.7 Å². The molecule has 1 saturated heterocycles. The molecule has 0 spiro atoms. The van der Waals surface area contributed by atoms with E-state index in [1.54, 1.807) is 0 Å². The van der Waals surface area contributed by atoms with Crippen molar-refractivity contribution in [2.75, 3.05) is 19.6 Å². The fraction of sp³-hybridized carbons (Fsp3) is 1.00. The SMILES string of the molecule is CCC1CCN(C2CCCCCCC2)CC(C)CN1. The Labute approximate surface area is 120 Å². The zero-order valence-corrected chi connectivity index (χ0v) is 13.2. The lowest BCUT2D eigenvalue weighted by atomic mass is 9.94. The number of rotatable bonds is 2. The molecule has 1 N–H and O–H groups in total. The van der Waals surface area contributed by atoms with Gasteiger partial charge in [-0.1, -0.05) is 46.0 Å². The molecule has 0 bridgehead atoms. The fourth-order valence-electron chi connectivity index (χ4n) is 3.83. The normalized spacial score (nSPS) is 33.2. The maximum atomic E-state index is 3.74. The summed E-state index contributed by atoms with van der Waals surface area (Å²) in [5.74, 6) is 0.805. The number of nitrogens with zero attached hydrogens (tertiary/aromatic N) is 1. The van der Waals surface area contributed by atoms with Crippen LogP contribution in [0.4, 0.5) is 0 Å². The van der Waals surface area contributed by atoms with E-state index in [0.717, 1.165) is 18.0 Å². The molecule has 1 aliphatic heterocycles. The van der Waals surface area contributed by atoms with Crippen molar-refractivity contribution in [3.05, 3.63) is 0 Å². The van der Waals surface area contributed by atoms with E-state index in [0.29, 0.717) is 0 Å². The van der Waals surface area contributed by atoms with Crippen molar-refractivity contribution in [1.82, 2.24) is 10.2 Å². The molecule has 0 aromatic rings. The van der Waals surface area contributed by atoms with Crippen LogP contribution in [0.15, 0.2) is 0 Å². The van der Waals surface area contributed by atoms with Gasteiger partial charge in [0, 0.05) is 18.6 Å². The van der Waals surface area contributed by atoms with Gasteiger partial charge in [-0.15, -0.1) is 0 Å². The first-order valence-electron chi connectivity index (χ1n) is 8.77. The van der Waals surface area contributed by atoms with E-state index in [9.17, 15) is 0 Å². The molecule has 2 nitrogen and oxygen atoms in total. The molecule has 1 aliphatic carbocycles. The second-order valence-corrected chi connectivity index (χ2v) is 6.90. The van der Waals surface area contributed by atoms with Crippen LogP contribution in [0.3, 0.4) is 0 Å². The molecule has 2 aliphatic rings. The van der Waals surface area contributed by atoms with E-state index in [2.05, 4.69) is 24.1 Å². The van der Waals surface area contributed by atoms with Crippen LogP contribution in [0.2, 0.25) is 0 Å². The Kier molecular flexibility index (Phi) is 6.66. The molecule has 0 aromatic carbocycles. The Morgan fingerprint density at radius 3 is 2.37 bits per heavy atom. The first-order chi connectivity index (χ1) is 9.29. The summed E-state index contributed by atoms with van der Waals surface area (Å²) in [6, 6.07) is 1.64. The highest BCUT2D eigenvalue weighted by Gasteiger charge is 2.24. The van der Waals surface area contributed by atoms with Crippen molar-refractivity contribution in [3.63, 3.8) is 0 Å². The highest BCUT2D eigenvalue weighted by molar-refractivity contribution is 4.81. The number of hydrogen-bond acceptors (Lipinski definition) is 2. The summed E-state index contributed by atoms with van der Waals surface area (Å²) in [7, 11) is 0. The maximum Gasteiger partial charge on any atom is 0.00953 e. The average Bonchev–Trinajstić information content (AvgIpc) is 2.35. The molecule has 2 fully saturated rings. The van der Waals surface area contributed by atoms with E-state index in [1.807, 2.05) is 0 Å². The molecular weight excluding hydrogens is 232 g/mol. The van der Waals surface area contributed by atoms with Gasteiger partial charge in [-0.25, -0.2) is 0 Å². The van der Waals surface area contributed by atoms with Gasteiger partial charge < -0.3 is 10.2 Å². The average molecular weight is 266 g/mol. The van der Waals surface area contributed by atoms with Crippen LogP contribution in [0.1, 0.15) is 71.6 Å². The van der Waals surface area contributed by atoms with Gasteiger partial charge in [-0.3, -0.25) is 0 Å². The molecule has 0 radical (unpaired) electrons. The standard InChI is InChI=1S/C17H34N2/c1-3-16-11-12-19(14-15(2)13-18-16)17-9-7-5-4-6-8-10-17/h15-18H,3-14H2,1-2H3. The van der Waals surface area contributed by atoms with Crippen molar-refractivity contribution in [1.29, 1.82) is 0 Å². The maximum absolute atomic E-state index is 3.74. The highest BCUT2D eigenvalue weighted by Crippen LogP contribution is 2.23. The number of hydrogen-bond donors (Lipinski definition) is 1. The van der Waals surface area contributed by atoms with E-state index in [-0.39, 0.29) is 0 Å². The molecule has 2 unspecified atom stereocenters. The molecule has 2 heteroatoms. The monoisotopic (exact) mass is 266 g/mol. The van der Waals surface area contributed by atoms with Gasteiger partial charge in [0.1, 0.15) is 0 Å². The zero-order valence-electron chi connectivity index (χ0n) is 13.2. The van der Waals surface area contributed by atoms with Gasteiger partial charge in [0.05, 0.1) is 0 Å². The van der Waals surface area contributed by atoms with Crippen LogP contribution in [-0.4, -0.2) is 36.6 Å². The third-order valence-electron chi connectivity index (χ3n) is 5.15. The topological polar surface area (TPSA) is 15.3 Å². The third kappa shape index (κ3) is 5.07. The highest BCUT2D eigenvalue weighted by atomic mass is 15.2. The summed E-state index contributed by atoms with van der Waals surface area (Å²) in [5.41, 5.74) is 0. The minimum Gasteiger partial charge on any atom is -0.314 e. The van der Waals surface area contributed by atoms with Crippen LogP contribution in [0, 0.1) is 5.92 Å². The lowest BCUT2D eigenvalue weighted by molar-refractivity contribution is 0.124.